The van der Waals surface area contributed by atoms with Gasteiger partial charge in [0, 0.05) is 13.0 Å². The molecule has 0 aliphatic carbocycles. The van der Waals surface area contributed by atoms with Crippen LogP contribution in [0, 0.1) is 6.92 Å². The number of rotatable bonds is 7. The molecule has 5 nitrogen and oxygen atoms in total. The number of carbonyl (C=O) groups excluding carboxylic acids is 1. The van der Waals surface area contributed by atoms with Crippen molar-refractivity contribution in [2.24, 2.45) is 0 Å². The van der Waals surface area contributed by atoms with E-state index in [1.54, 1.807) is 0 Å². The van der Waals surface area contributed by atoms with Gasteiger partial charge < -0.3 is 14.7 Å². The Morgan fingerprint density at radius 1 is 1.36 bits per heavy atom. The summed E-state index contributed by atoms with van der Waals surface area (Å²) in [5.74, 6) is -0.106. The van der Waals surface area contributed by atoms with E-state index in [4.69, 9.17) is 9.84 Å². The molecule has 0 aromatic heterocycles. The number of amides is 1. The summed E-state index contributed by atoms with van der Waals surface area (Å²) in [5.41, 5.74) is 1.15. The third kappa shape index (κ3) is 4.48. The number of likely N-dealkylation sites (tertiary alicyclic amines) is 1. The molecule has 1 fully saturated rings. The first-order chi connectivity index (χ1) is 10.6. The van der Waals surface area contributed by atoms with E-state index in [0.717, 1.165) is 24.2 Å². The second-order valence-corrected chi connectivity index (χ2v) is 5.71. The van der Waals surface area contributed by atoms with Crippen molar-refractivity contribution in [1.82, 2.24) is 4.90 Å². The summed E-state index contributed by atoms with van der Waals surface area (Å²) in [4.78, 5) is 24.6. The molecular weight excluding hydrogens is 282 g/mol. The average molecular weight is 305 g/mol. The number of aliphatic carboxylic acids is 1. The van der Waals surface area contributed by atoms with Crippen molar-refractivity contribution in [2.75, 3.05) is 13.2 Å². The fourth-order valence-corrected chi connectivity index (χ4v) is 2.74. The molecule has 1 heterocycles. The summed E-state index contributed by atoms with van der Waals surface area (Å²) >= 11 is 0. The summed E-state index contributed by atoms with van der Waals surface area (Å²) in [6, 6.07) is 7.23. The van der Waals surface area contributed by atoms with Crippen LogP contribution >= 0.6 is 0 Å². The predicted molar refractivity (Wildman–Crippen MR) is 82.9 cm³/mol. The molecule has 1 atom stereocenters. The molecule has 1 amide bonds. The van der Waals surface area contributed by atoms with Gasteiger partial charge in [0.15, 0.2) is 0 Å². The van der Waals surface area contributed by atoms with Gasteiger partial charge in [-0.1, -0.05) is 12.1 Å². The van der Waals surface area contributed by atoms with Crippen LogP contribution in [-0.2, 0) is 9.59 Å². The quantitative estimate of drug-likeness (QED) is 0.786. The van der Waals surface area contributed by atoms with Crippen molar-refractivity contribution in [1.29, 1.82) is 0 Å². The van der Waals surface area contributed by atoms with E-state index in [1.165, 1.54) is 4.90 Å². The Balaban J connectivity index is 1.66. The van der Waals surface area contributed by atoms with E-state index in [1.807, 2.05) is 31.2 Å². The van der Waals surface area contributed by atoms with Crippen molar-refractivity contribution in [3.63, 3.8) is 0 Å². The van der Waals surface area contributed by atoms with Crippen LogP contribution in [0.3, 0.4) is 0 Å². The Hall–Kier alpha value is -2.04. The molecule has 1 aromatic carbocycles. The van der Waals surface area contributed by atoms with E-state index in [2.05, 4.69) is 0 Å². The van der Waals surface area contributed by atoms with E-state index in [-0.39, 0.29) is 5.91 Å². The summed E-state index contributed by atoms with van der Waals surface area (Å²) in [5, 5.41) is 9.08. The van der Waals surface area contributed by atoms with Crippen molar-refractivity contribution in [3.05, 3.63) is 29.8 Å². The van der Waals surface area contributed by atoms with Gasteiger partial charge >= 0.3 is 5.97 Å². The zero-order chi connectivity index (χ0) is 15.9. The molecule has 1 N–H and O–H groups in total. The molecule has 0 saturated carbocycles. The summed E-state index contributed by atoms with van der Waals surface area (Å²) in [6.07, 6.45) is 3.23. The SMILES string of the molecule is Cc1cccc(OCCCCC(=O)N2CCC[C@@H]2C(=O)O)c1. The molecule has 0 spiro atoms. The van der Waals surface area contributed by atoms with Gasteiger partial charge in [0.25, 0.3) is 0 Å². The molecular formula is C17H23NO4. The number of aryl methyl sites for hydroxylation is 1. The number of hydrogen-bond acceptors (Lipinski definition) is 3. The van der Waals surface area contributed by atoms with Crippen LogP contribution in [0.4, 0.5) is 0 Å². The van der Waals surface area contributed by atoms with Gasteiger partial charge in [0.1, 0.15) is 11.8 Å². The minimum atomic E-state index is -0.895. The third-order valence-corrected chi connectivity index (χ3v) is 3.90. The van der Waals surface area contributed by atoms with Crippen molar-refractivity contribution >= 4 is 11.9 Å². The minimum absolute atomic E-state index is 0.0551. The maximum atomic E-state index is 12.1. The number of benzene rings is 1. The zero-order valence-corrected chi connectivity index (χ0v) is 13.0. The number of hydrogen-bond donors (Lipinski definition) is 1. The fraction of sp³-hybridized carbons (Fsp3) is 0.529. The second-order valence-electron chi connectivity index (χ2n) is 5.71. The first-order valence-corrected chi connectivity index (χ1v) is 7.79. The lowest BCUT2D eigenvalue weighted by Crippen LogP contribution is -2.40. The predicted octanol–water partition coefficient (Wildman–Crippen LogP) is 2.62. The van der Waals surface area contributed by atoms with Crippen LogP contribution in [0.15, 0.2) is 24.3 Å². The van der Waals surface area contributed by atoms with Gasteiger partial charge in [0.2, 0.25) is 5.91 Å². The number of carbonyl (C=O) groups is 2. The molecule has 2 rings (SSSR count). The smallest absolute Gasteiger partial charge is 0.326 e. The molecule has 5 heteroatoms. The van der Waals surface area contributed by atoms with E-state index >= 15 is 0 Å². The van der Waals surface area contributed by atoms with Gasteiger partial charge in [0.05, 0.1) is 6.61 Å². The normalized spacial score (nSPS) is 17.5. The Labute approximate surface area is 130 Å². The average Bonchev–Trinajstić information content (AvgIpc) is 2.96. The van der Waals surface area contributed by atoms with Gasteiger partial charge in [-0.25, -0.2) is 4.79 Å². The molecule has 1 aliphatic heterocycles. The molecule has 1 saturated heterocycles. The molecule has 0 unspecified atom stereocenters. The topological polar surface area (TPSA) is 66.8 Å². The molecule has 1 aromatic rings. The summed E-state index contributed by atoms with van der Waals surface area (Å²) in [7, 11) is 0. The van der Waals surface area contributed by atoms with Crippen LogP contribution in [-0.4, -0.2) is 41.1 Å². The highest BCUT2D eigenvalue weighted by Crippen LogP contribution is 2.19. The highest BCUT2D eigenvalue weighted by atomic mass is 16.5. The maximum Gasteiger partial charge on any atom is 0.326 e. The second kappa shape index (κ2) is 7.82. The van der Waals surface area contributed by atoms with Crippen molar-refractivity contribution < 1.29 is 19.4 Å². The third-order valence-electron chi connectivity index (χ3n) is 3.90. The van der Waals surface area contributed by atoms with E-state index in [0.29, 0.717) is 32.4 Å². The van der Waals surface area contributed by atoms with Crippen LogP contribution in [0.5, 0.6) is 5.75 Å². The minimum Gasteiger partial charge on any atom is -0.494 e. The first kappa shape index (κ1) is 16.3. The van der Waals surface area contributed by atoms with Crippen molar-refractivity contribution in [2.45, 2.75) is 45.1 Å². The lowest BCUT2D eigenvalue weighted by Gasteiger charge is -2.21. The molecule has 1 aliphatic rings. The van der Waals surface area contributed by atoms with E-state index < -0.39 is 12.0 Å². The highest BCUT2D eigenvalue weighted by Gasteiger charge is 2.33. The molecule has 0 bridgehead atoms. The maximum absolute atomic E-state index is 12.1. The van der Waals surface area contributed by atoms with Crippen LogP contribution < -0.4 is 4.74 Å². The Bertz CT molecular complexity index is 529. The highest BCUT2D eigenvalue weighted by molar-refractivity contribution is 5.84. The van der Waals surface area contributed by atoms with Crippen LogP contribution in [0.1, 0.15) is 37.7 Å². The monoisotopic (exact) mass is 305 g/mol. The van der Waals surface area contributed by atoms with E-state index in [9.17, 15) is 9.59 Å². The lowest BCUT2D eigenvalue weighted by molar-refractivity contribution is -0.148. The zero-order valence-electron chi connectivity index (χ0n) is 13.0. The van der Waals surface area contributed by atoms with Gasteiger partial charge in [-0.3, -0.25) is 4.79 Å². The van der Waals surface area contributed by atoms with Crippen LogP contribution in [0.25, 0.3) is 0 Å². The number of carboxylic acids is 1. The molecule has 120 valence electrons. The fourth-order valence-electron chi connectivity index (χ4n) is 2.74. The van der Waals surface area contributed by atoms with Gasteiger partial charge in [-0.05, 0) is 50.3 Å². The Morgan fingerprint density at radius 3 is 2.91 bits per heavy atom. The lowest BCUT2D eigenvalue weighted by atomic mass is 10.2. The first-order valence-electron chi connectivity index (χ1n) is 7.79. The number of ether oxygens (including phenoxy) is 1. The number of unbranched alkanes of at least 4 members (excludes halogenated alkanes) is 1. The van der Waals surface area contributed by atoms with Gasteiger partial charge in [-0.2, -0.15) is 0 Å². The Kier molecular flexibility index (Phi) is 5.81. The Morgan fingerprint density at radius 2 is 2.18 bits per heavy atom. The van der Waals surface area contributed by atoms with Crippen molar-refractivity contribution in [3.8, 4) is 5.75 Å². The van der Waals surface area contributed by atoms with Gasteiger partial charge in [-0.15, -0.1) is 0 Å². The summed E-state index contributed by atoms with van der Waals surface area (Å²) < 4.78 is 5.63. The van der Waals surface area contributed by atoms with Crippen LogP contribution in [0.2, 0.25) is 0 Å². The number of nitrogens with zero attached hydrogens (tertiary/aromatic N) is 1. The molecule has 0 radical (unpaired) electrons. The summed E-state index contributed by atoms with van der Waals surface area (Å²) in [6.45, 7) is 3.15. The number of carboxylic acid groups (broad SMARTS) is 1. The standard InChI is InChI=1S/C17H23NO4/c1-13-6-4-7-14(12-13)22-11-3-2-9-16(19)18-10-5-8-15(18)17(20)21/h4,6-7,12,15H,2-3,5,8-11H2,1H3,(H,20,21)/t15-/m1/s1. The largest absolute Gasteiger partial charge is 0.494 e. The molecule has 22 heavy (non-hydrogen) atoms.